The van der Waals surface area contributed by atoms with Gasteiger partial charge in [0.1, 0.15) is 0 Å². The lowest BCUT2D eigenvalue weighted by Crippen LogP contribution is -2.48. The molecule has 2 rings (SSSR count). The van der Waals surface area contributed by atoms with Gasteiger partial charge in [0.15, 0.2) is 5.96 Å². The summed E-state index contributed by atoms with van der Waals surface area (Å²) in [6.45, 7) is 6.91. The van der Waals surface area contributed by atoms with Gasteiger partial charge in [-0.1, -0.05) is 36.4 Å². The average Bonchev–Trinajstić information content (AvgIpc) is 2.57. The van der Waals surface area contributed by atoms with Crippen molar-refractivity contribution in [2.24, 2.45) is 4.99 Å². The molecule has 0 atom stereocenters. The predicted molar refractivity (Wildman–Crippen MR) is 103 cm³/mol. The Kier molecular flexibility index (Phi) is 8.48. The molecule has 0 spiro atoms. The van der Waals surface area contributed by atoms with Crippen molar-refractivity contribution in [3.8, 4) is 0 Å². The fourth-order valence-corrected chi connectivity index (χ4v) is 2.76. The number of rotatable bonds is 5. The van der Waals surface area contributed by atoms with Gasteiger partial charge < -0.3 is 15.4 Å². The van der Waals surface area contributed by atoms with Crippen molar-refractivity contribution in [1.29, 1.82) is 0 Å². The average molecular weight is 415 g/mol. The Morgan fingerprint density at radius 1 is 1.27 bits per heavy atom. The molecule has 1 saturated heterocycles. The van der Waals surface area contributed by atoms with E-state index in [-0.39, 0.29) is 29.4 Å². The van der Waals surface area contributed by atoms with Crippen molar-refractivity contribution < 1.29 is 4.74 Å². The smallest absolute Gasteiger partial charge is 0.191 e. The molecular weight excluding hydrogens is 389 g/mol. The van der Waals surface area contributed by atoms with E-state index in [1.54, 1.807) is 7.05 Å². The van der Waals surface area contributed by atoms with Crippen LogP contribution >= 0.6 is 24.0 Å². The first-order chi connectivity index (χ1) is 10.3. The second-order valence-electron chi connectivity index (χ2n) is 5.35. The molecule has 0 bridgehead atoms. The zero-order valence-corrected chi connectivity index (χ0v) is 15.5. The first-order valence-corrected chi connectivity index (χ1v) is 7.49. The third-order valence-electron chi connectivity index (χ3n) is 4.07. The summed E-state index contributed by atoms with van der Waals surface area (Å²) >= 11 is 0. The topological polar surface area (TPSA) is 45.7 Å². The molecule has 1 fully saturated rings. The van der Waals surface area contributed by atoms with Gasteiger partial charge in [-0.2, -0.15) is 0 Å². The highest BCUT2D eigenvalue weighted by Crippen LogP contribution is 2.34. The number of ether oxygens (including phenoxy) is 1. The monoisotopic (exact) mass is 415 g/mol. The minimum Gasteiger partial charge on any atom is -0.381 e. The number of benzene rings is 1. The fraction of sp³-hybridized carbons (Fsp3) is 0.471. The SMILES string of the molecule is C=CCNC(=NC)NCC1(c2ccccc2)CCOCC1.I. The molecule has 5 heteroatoms. The molecule has 1 aromatic rings. The molecule has 2 N–H and O–H groups in total. The summed E-state index contributed by atoms with van der Waals surface area (Å²) in [6.07, 6.45) is 3.89. The van der Waals surface area contributed by atoms with Gasteiger partial charge in [-0.15, -0.1) is 30.6 Å². The minimum atomic E-state index is 0. The largest absolute Gasteiger partial charge is 0.381 e. The highest BCUT2D eigenvalue weighted by atomic mass is 127. The molecule has 1 aliphatic heterocycles. The van der Waals surface area contributed by atoms with Crippen LogP contribution in [-0.4, -0.2) is 39.3 Å². The lowest BCUT2D eigenvalue weighted by Gasteiger charge is -2.38. The van der Waals surface area contributed by atoms with Crippen molar-refractivity contribution in [3.05, 3.63) is 48.6 Å². The van der Waals surface area contributed by atoms with Crippen molar-refractivity contribution in [2.75, 3.05) is 33.4 Å². The van der Waals surface area contributed by atoms with Gasteiger partial charge in [0.25, 0.3) is 0 Å². The molecule has 122 valence electrons. The predicted octanol–water partition coefficient (Wildman–Crippen LogP) is 2.70. The van der Waals surface area contributed by atoms with Gasteiger partial charge in [-0.3, -0.25) is 4.99 Å². The minimum absolute atomic E-state index is 0. The van der Waals surface area contributed by atoms with Gasteiger partial charge in [0.2, 0.25) is 0 Å². The summed E-state index contributed by atoms with van der Waals surface area (Å²) in [5, 5.41) is 6.67. The highest BCUT2D eigenvalue weighted by Gasteiger charge is 2.34. The summed E-state index contributed by atoms with van der Waals surface area (Å²) in [4.78, 5) is 4.25. The Bertz CT molecular complexity index is 470. The molecule has 1 heterocycles. The second-order valence-corrected chi connectivity index (χ2v) is 5.35. The maximum Gasteiger partial charge on any atom is 0.191 e. The van der Waals surface area contributed by atoms with Crippen LogP contribution in [-0.2, 0) is 10.2 Å². The standard InChI is InChI=1S/C17H25N3O.HI/c1-3-11-19-16(18-2)20-14-17(9-12-21-13-10-17)15-7-5-4-6-8-15;/h3-8H,1,9-14H2,2H3,(H2,18,19,20);1H. The first kappa shape index (κ1) is 19.0. The quantitative estimate of drug-likeness (QED) is 0.337. The molecule has 4 nitrogen and oxygen atoms in total. The molecule has 0 aliphatic carbocycles. The maximum atomic E-state index is 5.56. The lowest BCUT2D eigenvalue weighted by atomic mass is 9.74. The first-order valence-electron chi connectivity index (χ1n) is 7.49. The Morgan fingerprint density at radius 3 is 2.55 bits per heavy atom. The number of nitrogens with one attached hydrogen (secondary N) is 2. The summed E-state index contributed by atoms with van der Waals surface area (Å²) in [7, 11) is 1.79. The summed E-state index contributed by atoms with van der Waals surface area (Å²) in [5.74, 6) is 0.816. The maximum absolute atomic E-state index is 5.56. The van der Waals surface area contributed by atoms with Crippen LogP contribution in [0.2, 0.25) is 0 Å². The molecule has 1 aromatic carbocycles. The fourth-order valence-electron chi connectivity index (χ4n) is 2.76. The highest BCUT2D eigenvalue weighted by molar-refractivity contribution is 14.0. The van der Waals surface area contributed by atoms with Crippen LogP contribution in [0.1, 0.15) is 18.4 Å². The summed E-state index contributed by atoms with van der Waals surface area (Å²) < 4.78 is 5.56. The number of hydrogen-bond donors (Lipinski definition) is 2. The van der Waals surface area contributed by atoms with Gasteiger partial charge in [0.05, 0.1) is 0 Å². The molecule has 0 radical (unpaired) electrons. The number of nitrogens with zero attached hydrogens (tertiary/aromatic N) is 1. The number of aliphatic imine (C=N–C) groups is 1. The van der Waals surface area contributed by atoms with E-state index in [9.17, 15) is 0 Å². The lowest BCUT2D eigenvalue weighted by molar-refractivity contribution is 0.0514. The number of guanidine groups is 1. The van der Waals surface area contributed by atoms with E-state index in [1.165, 1.54) is 5.56 Å². The van der Waals surface area contributed by atoms with Gasteiger partial charge >= 0.3 is 0 Å². The summed E-state index contributed by atoms with van der Waals surface area (Å²) in [6, 6.07) is 10.7. The van der Waals surface area contributed by atoms with E-state index >= 15 is 0 Å². The zero-order chi connectivity index (χ0) is 15.0. The third kappa shape index (κ3) is 4.98. The van der Waals surface area contributed by atoms with Crippen LogP contribution < -0.4 is 10.6 Å². The van der Waals surface area contributed by atoms with Crippen molar-refractivity contribution in [3.63, 3.8) is 0 Å². The molecule has 1 aliphatic rings. The number of halogens is 1. The second kappa shape index (κ2) is 9.84. The van der Waals surface area contributed by atoms with Crippen LogP contribution in [0, 0.1) is 0 Å². The molecular formula is C17H26IN3O. The van der Waals surface area contributed by atoms with E-state index in [2.05, 4.69) is 52.5 Å². The molecule has 22 heavy (non-hydrogen) atoms. The molecule has 0 unspecified atom stereocenters. The van der Waals surface area contributed by atoms with Gasteiger partial charge in [-0.05, 0) is 18.4 Å². The van der Waals surface area contributed by atoms with Crippen LogP contribution in [0.3, 0.4) is 0 Å². The Morgan fingerprint density at radius 2 is 1.95 bits per heavy atom. The van der Waals surface area contributed by atoms with Crippen molar-refractivity contribution in [1.82, 2.24) is 10.6 Å². The third-order valence-corrected chi connectivity index (χ3v) is 4.07. The zero-order valence-electron chi connectivity index (χ0n) is 13.2. The molecule has 0 aromatic heterocycles. The van der Waals surface area contributed by atoms with E-state index < -0.39 is 0 Å². The van der Waals surface area contributed by atoms with E-state index in [0.29, 0.717) is 6.54 Å². The van der Waals surface area contributed by atoms with Crippen LogP contribution in [0.15, 0.2) is 48.0 Å². The Balaban J connectivity index is 0.00000242. The van der Waals surface area contributed by atoms with Crippen molar-refractivity contribution in [2.45, 2.75) is 18.3 Å². The van der Waals surface area contributed by atoms with E-state index in [1.807, 2.05) is 6.08 Å². The molecule has 0 saturated carbocycles. The van der Waals surface area contributed by atoms with Crippen LogP contribution in [0.4, 0.5) is 0 Å². The summed E-state index contributed by atoms with van der Waals surface area (Å²) in [5.41, 5.74) is 1.49. The van der Waals surface area contributed by atoms with Gasteiger partial charge in [-0.25, -0.2) is 0 Å². The Labute approximate surface area is 150 Å². The van der Waals surface area contributed by atoms with Gasteiger partial charge in [0, 0.05) is 38.8 Å². The van der Waals surface area contributed by atoms with Crippen molar-refractivity contribution >= 4 is 29.9 Å². The normalized spacial score (nSPS) is 17.2. The van der Waals surface area contributed by atoms with E-state index in [4.69, 9.17) is 4.74 Å². The Hall–Kier alpha value is -1.08. The van der Waals surface area contributed by atoms with Crippen LogP contribution in [0.25, 0.3) is 0 Å². The number of hydrogen-bond acceptors (Lipinski definition) is 2. The molecule has 0 amide bonds. The van der Waals surface area contributed by atoms with Crippen LogP contribution in [0.5, 0.6) is 0 Å². The van der Waals surface area contributed by atoms with E-state index in [0.717, 1.165) is 38.6 Å².